The Balaban J connectivity index is 1.96. The first-order valence-electron chi connectivity index (χ1n) is 10.3. The van der Waals surface area contributed by atoms with Crippen LogP contribution in [-0.2, 0) is 7.05 Å². The number of anilines is 1. The van der Waals surface area contributed by atoms with Crippen molar-refractivity contribution in [1.29, 1.82) is 0 Å². The van der Waals surface area contributed by atoms with Gasteiger partial charge in [0.25, 0.3) is 11.1 Å². The van der Waals surface area contributed by atoms with E-state index < -0.39 is 5.97 Å². The van der Waals surface area contributed by atoms with Gasteiger partial charge in [0, 0.05) is 32.0 Å². The van der Waals surface area contributed by atoms with Crippen molar-refractivity contribution in [1.82, 2.24) is 14.3 Å². The fourth-order valence-electron chi connectivity index (χ4n) is 3.83. The fourth-order valence-corrected chi connectivity index (χ4v) is 3.83. The monoisotopic (exact) mass is 444 g/mol. The summed E-state index contributed by atoms with van der Waals surface area (Å²) >= 11 is 0. The number of aromatic carboxylic acids is 1. The predicted octanol–water partition coefficient (Wildman–Crippen LogP) is 1.33. The lowest BCUT2D eigenvalue weighted by Gasteiger charge is -2.14. The summed E-state index contributed by atoms with van der Waals surface area (Å²) in [5.74, 6) is -1.05. The van der Waals surface area contributed by atoms with Gasteiger partial charge in [-0.3, -0.25) is 19.3 Å². The molecule has 2 aromatic heterocycles. The Bertz CT molecular complexity index is 1640. The molecule has 33 heavy (non-hydrogen) atoms. The van der Waals surface area contributed by atoms with E-state index in [9.17, 15) is 14.4 Å². The van der Waals surface area contributed by atoms with Gasteiger partial charge in [0.15, 0.2) is 0 Å². The fraction of sp³-hybridized carbons (Fsp3) is 0.160. The highest BCUT2D eigenvalue weighted by atomic mass is 16.4. The number of benzene rings is 2. The van der Waals surface area contributed by atoms with Crippen molar-refractivity contribution in [3.63, 3.8) is 0 Å². The van der Waals surface area contributed by atoms with E-state index in [1.54, 1.807) is 13.1 Å². The molecule has 0 bridgehead atoms. The Kier molecular flexibility index (Phi) is 5.29. The maximum absolute atomic E-state index is 13.3. The normalized spacial score (nSPS) is 11.8. The number of nitrogens with zero attached hydrogens (tertiary/aromatic N) is 3. The minimum absolute atomic E-state index is 0.112. The summed E-state index contributed by atoms with van der Waals surface area (Å²) in [5.41, 5.74) is 3.16. The van der Waals surface area contributed by atoms with Crippen LogP contribution in [0.1, 0.15) is 21.5 Å². The second-order valence-corrected chi connectivity index (χ2v) is 8.16. The average Bonchev–Trinajstić information content (AvgIpc) is 3.13. The Hall–Kier alpha value is -4.33. The molecule has 4 rings (SSSR count). The first-order valence-corrected chi connectivity index (χ1v) is 10.3. The molecule has 8 heteroatoms. The summed E-state index contributed by atoms with van der Waals surface area (Å²) < 4.78 is 2.67. The van der Waals surface area contributed by atoms with Gasteiger partial charge in [0.1, 0.15) is 5.65 Å². The van der Waals surface area contributed by atoms with E-state index in [0.29, 0.717) is 27.2 Å². The summed E-state index contributed by atoms with van der Waals surface area (Å²) in [4.78, 5) is 39.5. The van der Waals surface area contributed by atoms with Crippen LogP contribution in [0.15, 0.2) is 52.1 Å². The van der Waals surface area contributed by atoms with Crippen LogP contribution in [-0.4, -0.2) is 39.5 Å². The van der Waals surface area contributed by atoms with Crippen LogP contribution in [0, 0.1) is 6.92 Å². The van der Waals surface area contributed by atoms with Crippen LogP contribution >= 0.6 is 0 Å². The van der Waals surface area contributed by atoms with Gasteiger partial charge < -0.3 is 10.0 Å². The molecule has 0 spiro atoms. The van der Waals surface area contributed by atoms with Crippen LogP contribution < -0.4 is 26.5 Å². The second kappa shape index (κ2) is 7.98. The maximum Gasteiger partial charge on any atom is 0.335 e. The van der Waals surface area contributed by atoms with Crippen molar-refractivity contribution in [2.24, 2.45) is 7.05 Å². The molecular weight excluding hydrogens is 420 g/mol. The number of carboxylic acids is 1. The Morgan fingerprint density at radius 1 is 1.09 bits per heavy atom. The Morgan fingerprint density at radius 2 is 1.76 bits per heavy atom. The number of carboxylic acid groups (broad SMARTS) is 1. The Labute approximate surface area is 188 Å². The predicted molar refractivity (Wildman–Crippen MR) is 130 cm³/mol. The van der Waals surface area contributed by atoms with Gasteiger partial charge in [-0.2, -0.15) is 0 Å². The van der Waals surface area contributed by atoms with E-state index in [4.69, 9.17) is 5.11 Å². The summed E-state index contributed by atoms with van der Waals surface area (Å²) in [7, 11) is 5.52. The van der Waals surface area contributed by atoms with Crippen LogP contribution in [0.5, 0.6) is 0 Å². The van der Waals surface area contributed by atoms with Gasteiger partial charge in [0.2, 0.25) is 0 Å². The van der Waals surface area contributed by atoms with Gasteiger partial charge in [-0.05, 0) is 65.7 Å². The molecule has 0 amide bonds. The minimum Gasteiger partial charge on any atom is -0.478 e. The van der Waals surface area contributed by atoms with Crippen molar-refractivity contribution >= 4 is 35.3 Å². The van der Waals surface area contributed by atoms with E-state index in [1.807, 2.05) is 44.1 Å². The first-order chi connectivity index (χ1) is 15.6. The first kappa shape index (κ1) is 21.9. The van der Waals surface area contributed by atoms with E-state index in [0.717, 1.165) is 16.8 Å². The molecule has 4 aromatic rings. The number of aromatic nitrogens is 3. The highest BCUT2D eigenvalue weighted by Gasteiger charge is 2.15. The molecule has 0 unspecified atom stereocenters. The number of fused-ring (bicyclic) bond motifs is 1. The Morgan fingerprint density at radius 3 is 2.33 bits per heavy atom. The zero-order valence-electron chi connectivity index (χ0n) is 18.8. The number of aromatic amines is 1. The lowest BCUT2D eigenvalue weighted by Crippen LogP contribution is -2.45. The zero-order chi connectivity index (χ0) is 24.0. The SMILES string of the molecule is C=c1c(=Cc2ccc(N(C)C)cc2C)c(=O)n(C)c2[nH]n(-c3ccc(C(=O)O)cc3)c(=O)c12. The highest BCUT2D eigenvalue weighted by molar-refractivity contribution is 5.87. The van der Waals surface area contributed by atoms with Gasteiger partial charge in [-0.1, -0.05) is 12.6 Å². The van der Waals surface area contributed by atoms with Gasteiger partial charge in [-0.15, -0.1) is 0 Å². The molecular formula is C25H24N4O4. The molecule has 0 aliphatic heterocycles. The number of pyridine rings is 1. The standard InChI is InChI=1S/C25H24N4O4/c1-14-12-19(27(3)4)11-8-17(14)13-20-15(2)21-22(28(5)23(20)30)26-29(24(21)31)18-9-6-16(7-10-18)25(32)33/h6-13,26H,2H2,1,3-5H3,(H,32,33). The van der Waals surface area contributed by atoms with Crippen molar-refractivity contribution in [3.8, 4) is 5.69 Å². The summed E-state index contributed by atoms with van der Waals surface area (Å²) in [5, 5.41) is 13.0. The quantitative estimate of drug-likeness (QED) is 0.495. The highest BCUT2D eigenvalue weighted by Crippen LogP contribution is 2.17. The van der Waals surface area contributed by atoms with Crippen molar-refractivity contribution in [3.05, 3.63) is 90.3 Å². The lowest BCUT2D eigenvalue weighted by atomic mass is 10.1. The third-order valence-corrected chi connectivity index (χ3v) is 5.81. The molecule has 0 saturated heterocycles. The summed E-state index contributed by atoms with van der Waals surface area (Å²) in [6.07, 6.45) is 1.76. The summed E-state index contributed by atoms with van der Waals surface area (Å²) in [6, 6.07) is 11.8. The van der Waals surface area contributed by atoms with Crippen molar-refractivity contribution in [2.75, 3.05) is 19.0 Å². The number of carbonyl (C=O) groups is 1. The summed E-state index contributed by atoms with van der Waals surface area (Å²) in [6.45, 7) is 6.03. The second-order valence-electron chi connectivity index (χ2n) is 8.16. The van der Waals surface area contributed by atoms with Crippen LogP contribution in [0.3, 0.4) is 0 Å². The van der Waals surface area contributed by atoms with Crippen LogP contribution in [0.25, 0.3) is 29.4 Å². The van der Waals surface area contributed by atoms with Crippen LogP contribution in [0.4, 0.5) is 5.69 Å². The molecule has 2 heterocycles. The molecule has 0 aliphatic carbocycles. The van der Waals surface area contributed by atoms with Crippen molar-refractivity contribution < 1.29 is 9.90 Å². The molecule has 2 N–H and O–H groups in total. The van der Waals surface area contributed by atoms with E-state index >= 15 is 0 Å². The minimum atomic E-state index is -1.05. The third-order valence-electron chi connectivity index (χ3n) is 5.81. The van der Waals surface area contributed by atoms with E-state index in [-0.39, 0.29) is 16.7 Å². The average molecular weight is 444 g/mol. The number of H-pyrrole nitrogens is 1. The molecule has 0 saturated carbocycles. The molecule has 0 radical (unpaired) electrons. The van der Waals surface area contributed by atoms with Crippen LogP contribution in [0.2, 0.25) is 0 Å². The third kappa shape index (κ3) is 3.65. The zero-order valence-corrected chi connectivity index (χ0v) is 18.8. The number of hydrogen-bond acceptors (Lipinski definition) is 4. The maximum atomic E-state index is 13.3. The molecule has 2 aromatic carbocycles. The van der Waals surface area contributed by atoms with Gasteiger partial charge in [0.05, 0.1) is 16.6 Å². The van der Waals surface area contributed by atoms with Crippen molar-refractivity contribution in [2.45, 2.75) is 6.92 Å². The van der Waals surface area contributed by atoms with Gasteiger partial charge >= 0.3 is 5.97 Å². The molecule has 0 aliphatic rings. The lowest BCUT2D eigenvalue weighted by molar-refractivity contribution is 0.0697. The number of hydrogen-bond donors (Lipinski definition) is 2. The molecule has 168 valence electrons. The largest absolute Gasteiger partial charge is 0.478 e. The number of rotatable bonds is 4. The van der Waals surface area contributed by atoms with Gasteiger partial charge in [-0.25, -0.2) is 9.48 Å². The molecule has 0 atom stereocenters. The van der Waals surface area contributed by atoms with E-state index in [1.165, 1.54) is 33.5 Å². The molecule has 8 nitrogen and oxygen atoms in total. The topological polar surface area (TPSA) is 100 Å². The van der Waals surface area contributed by atoms with E-state index in [2.05, 4.69) is 11.7 Å². The number of nitrogens with one attached hydrogen (secondary N) is 1. The number of aryl methyl sites for hydroxylation is 2. The molecule has 0 fully saturated rings. The smallest absolute Gasteiger partial charge is 0.335 e.